The SMILES string of the molecule is Cc1nn(C)c(C)c1C(C)Nc1cnns1. The van der Waals surface area contributed by atoms with Crippen molar-refractivity contribution in [2.45, 2.75) is 26.8 Å². The monoisotopic (exact) mass is 237 g/mol. The topological polar surface area (TPSA) is 55.6 Å². The molecule has 2 rings (SSSR count). The van der Waals surface area contributed by atoms with Gasteiger partial charge in [-0.2, -0.15) is 5.10 Å². The Hall–Kier alpha value is -1.43. The quantitative estimate of drug-likeness (QED) is 0.887. The molecule has 1 unspecified atom stereocenters. The second kappa shape index (κ2) is 4.21. The molecule has 1 N–H and O–H groups in total. The van der Waals surface area contributed by atoms with Crippen molar-refractivity contribution in [3.63, 3.8) is 0 Å². The van der Waals surface area contributed by atoms with Gasteiger partial charge in [-0.1, -0.05) is 4.49 Å². The maximum absolute atomic E-state index is 4.41. The van der Waals surface area contributed by atoms with Crippen LogP contribution >= 0.6 is 11.5 Å². The highest BCUT2D eigenvalue weighted by atomic mass is 32.1. The normalized spacial score (nSPS) is 12.8. The Morgan fingerprint density at radius 1 is 1.44 bits per heavy atom. The average molecular weight is 237 g/mol. The highest BCUT2D eigenvalue weighted by Crippen LogP contribution is 2.25. The Morgan fingerprint density at radius 3 is 2.69 bits per heavy atom. The Labute approximate surface area is 98.7 Å². The minimum Gasteiger partial charge on any atom is -0.368 e. The fourth-order valence-electron chi connectivity index (χ4n) is 1.93. The molecule has 0 aliphatic rings. The maximum atomic E-state index is 4.41. The van der Waals surface area contributed by atoms with E-state index in [1.54, 1.807) is 6.20 Å². The fraction of sp³-hybridized carbons (Fsp3) is 0.500. The molecule has 0 saturated carbocycles. The number of nitrogens with zero attached hydrogens (tertiary/aromatic N) is 4. The highest BCUT2D eigenvalue weighted by molar-refractivity contribution is 7.09. The van der Waals surface area contributed by atoms with Gasteiger partial charge in [-0.3, -0.25) is 4.68 Å². The molecule has 0 saturated heterocycles. The van der Waals surface area contributed by atoms with E-state index < -0.39 is 0 Å². The average Bonchev–Trinajstić information content (AvgIpc) is 2.77. The van der Waals surface area contributed by atoms with E-state index in [1.165, 1.54) is 22.8 Å². The zero-order valence-corrected chi connectivity index (χ0v) is 10.7. The summed E-state index contributed by atoms with van der Waals surface area (Å²) in [7, 11) is 1.97. The van der Waals surface area contributed by atoms with E-state index in [0.717, 1.165) is 10.7 Å². The van der Waals surface area contributed by atoms with E-state index in [9.17, 15) is 0 Å². The van der Waals surface area contributed by atoms with Gasteiger partial charge in [0.15, 0.2) is 0 Å². The van der Waals surface area contributed by atoms with E-state index in [2.05, 4.69) is 33.8 Å². The molecule has 0 aliphatic carbocycles. The van der Waals surface area contributed by atoms with E-state index in [0.29, 0.717) is 0 Å². The van der Waals surface area contributed by atoms with Crippen molar-refractivity contribution in [1.82, 2.24) is 19.4 Å². The van der Waals surface area contributed by atoms with Gasteiger partial charge in [0.25, 0.3) is 0 Å². The van der Waals surface area contributed by atoms with Crippen LogP contribution in [0.1, 0.15) is 29.9 Å². The van der Waals surface area contributed by atoms with Crippen LogP contribution in [0.15, 0.2) is 6.20 Å². The van der Waals surface area contributed by atoms with Crippen molar-refractivity contribution in [3.05, 3.63) is 23.1 Å². The molecule has 2 aromatic rings. The van der Waals surface area contributed by atoms with Crippen LogP contribution < -0.4 is 5.32 Å². The summed E-state index contributed by atoms with van der Waals surface area (Å²) in [6.07, 6.45) is 1.74. The van der Waals surface area contributed by atoms with Crippen LogP contribution in [-0.2, 0) is 7.05 Å². The first kappa shape index (κ1) is 11.1. The Balaban J connectivity index is 2.24. The minimum atomic E-state index is 0.218. The third-order valence-corrected chi connectivity index (χ3v) is 3.31. The lowest BCUT2D eigenvalue weighted by Gasteiger charge is -2.13. The number of rotatable bonds is 3. The summed E-state index contributed by atoms with van der Waals surface area (Å²) in [6.45, 7) is 6.24. The van der Waals surface area contributed by atoms with Gasteiger partial charge in [0.1, 0.15) is 5.00 Å². The van der Waals surface area contributed by atoms with Crippen molar-refractivity contribution in [3.8, 4) is 0 Å². The molecule has 2 heterocycles. The van der Waals surface area contributed by atoms with E-state index >= 15 is 0 Å². The van der Waals surface area contributed by atoms with Gasteiger partial charge in [0, 0.05) is 29.8 Å². The zero-order valence-electron chi connectivity index (χ0n) is 9.85. The standard InChI is InChI=1S/C10H15N5S/c1-6(12-9-5-11-14-16-9)10-7(2)13-15(4)8(10)3/h5-6,12H,1-4H3. The summed E-state index contributed by atoms with van der Waals surface area (Å²) in [4.78, 5) is 0. The van der Waals surface area contributed by atoms with Gasteiger partial charge in [-0.15, -0.1) is 5.10 Å². The molecule has 0 fully saturated rings. The van der Waals surface area contributed by atoms with Crippen LogP contribution in [0.2, 0.25) is 0 Å². The van der Waals surface area contributed by atoms with Crippen LogP contribution in [0.3, 0.4) is 0 Å². The number of aromatic nitrogens is 4. The van der Waals surface area contributed by atoms with E-state index in [-0.39, 0.29) is 6.04 Å². The van der Waals surface area contributed by atoms with Crippen LogP contribution in [0.5, 0.6) is 0 Å². The Morgan fingerprint density at radius 2 is 2.19 bits per heavy atom. The van der Waals surface area contributed by atoms with Gasteiger partial charge in [-0.05, 0) is 20.8 Å². The molecule has 5 nitrogen and oxygen atoms in total. The lowest BCUT2D eigenvalue weighted by Crippen LogP contribution is -2.07. The molecular weight excluding hydrogens is 222 g/mol. The van der Waals surface area contributed by atoms with E-state index in [4.69, 9.17) is 0 Å². The lowest BCUT2D eigenvalue weighted by atomic mass is 10.1. The van der Waals surface area contributed by atoms with Gasteiger partial charge < -0.3 is 5.32 Å². The molecule has 0 aliphatic heterocycles. The molecule has 0 aromatic carbocycles. The first-order chi connectivity index (χ1) is 7.59. The number of hydrogen-bond acceptors (Lipinski definition) is 5. The lowest BCUT2D eigenvalue weighted by molar-refractivity contribution is 0.728. The maximum Gasteiger partial charge on any atom is 0.130 e. The van der Waals surface area contributed by atoms with Crippen LogP contribution in [0, 0.1) is 13.8 Å². The molecule has 0 bridgehead atoms. The number of anilines is 1. The smallest absolute Gasteiger partial charge is 0.130 e. The van der Waals surface area contributed by atoms with Gasteiger partial charge in [0.05, 0.1) is 17.9 Å². The molecule has 86 valence electrons. The van der Waals surface area contributed by atoms with Gasteiger partial charge in [0.2, 0.25) is 0 Å². The second-order valence-corrected chi connectivity index (χ2v) is 4.64. The largest absolute Gasteiger partial charge is 0.368 e. The predicted octanol–water partition coefficient (Wildman–Crippen LogP) is 2.06. The number of nitrogens with one attached hydrogen (secondary N) is 1. The van der Waals surface area contributed by atoms with Crippen molar-refractivity contribution in [2.24, 2.45) is 7.05 Å². The second-order valence-electron chi connectivity index (χ2n) is 3.86. The van der Waals surface area contributed by atoms with Crippen LogP contribution in [0.4, 0.5) is 5.00 Å². The van der Waals surface area contributed by atoms with Crippen LogP contribution in [-0.4, -0.2) is 19.4 Å². The molecule has 0 spiro atoms. The van der Waals surface area contributed by atoms with Crippen molar-refractivity contribution in [2.75, 3.05) is 5.32 Å². The van der Waals surface area contributed by atoms with Crippen molar-refractivity contribution >= 4 is 16.5 Å². The summed E-state index contributed by atoms with van der Waals surface area (Å²) in [6, 6.07) is 0.218. The fourth-order valence-corrected chi connectivity index (χ4v) is 2.44. The molecule has 0 amide bonds. The third kappa shape index (κ3) is 1.92. The van der Waals surface area contributed by atoms with Crippen molar-refractivity contribution in [1.29, 1.82) is 0 Å². The molecule has 16 heavy (non-hydrogen) atoms. The molecule has 0 radical (unpaired) electrons. The zero-order chi connectivity index (χ0) is 11.7. The molecule has 2 aromatic heterocycles. The van der Waals surface area contributed by atoms with Crippen LogP contribution in [0.25, 0.3) is 0 Å². The van der Waals surface area contributed by atoms with Gasteiger partial charge in [-0.25, -0.2) is 0 Å². The van der Waals surface area contributed by atoms with Gasteiger partial charge >= 0.3 is 0 Å². The summed E-state index contributed by atoms with van der Waals surface area (Å²) in [5.41, 5.74) is 3.50. The van der Waals surface area contributed by atoms with Crippen molar-refractivity contribution < 1.29 is 0 Å². The molecular formula is C10H15N5S. The Bertz CT molecular complexity index is 474. The predicted molar refractivity (Wildman–Crippen MR) is 64.6 cm³/mol. The summed E-state index contributed by atoms with van der Waals surface area (Å²) >= 11 is 1.37. The first-order valence-corrected chi connectivity index (χ1v) is 5.91. The highest BCUT2D eigenvalue weighted by Gasteiger charge is 2.16. The minimum absolute atomic E-state index is 0.218. The summed E-state index contributed by atoms with van der Waals surface area (Å²) in [5.74, 6) is 0. The number of aryl methyl sites for hydroxylation is 2. The summed E-state index contributed by atoms with van der Waals surface area (Å²) in [5, 5.41) is 12.6. The first-order valence-electron chi connectivity index (χ1n) is 5.13. The third-order valence-electron chi connectivity index (χ3n) is 2.72. The summed E-state index contributed by atoms with van der Waals surface area (Å²) < 4.78 is 5.74. The molecule has 1 atom stereocenters. The molecule has 6 heteroatoms. The number of hydrogen-bond donors (Lipinski definition) is 1. The van der Waals surface area contributed by atoms with E-state index in [1.807, 2.05) is 18.7 Å². The Kier molecular flexibility index (Phi) is 2.91.